The summed E-state index contributed by atoms with van der Waals surface area (Å²) in [4.78, 5) is 13.7. The molecule has 0 aliphatic carbocycles. The Morgan fingerprint density at radius 2 is 2.24 bits per heavy atom. The van der Waals surface area contributed by atoms with Crippen molar-refractivity contribution < 1.29 is 14.6 Å². The van der Waals surface area contributed by atoms with Crippen LogP contribution in [0.25, 0.3) is 17.0 Å². The summed E-state index contributed by atoms with van der Waals surface area (Å²) in [6, 6.07) is 5.67. The fourth-order valence-electron chi connectivity index (χ4n) is 1.82. The largest absolute Gasteiger partial charge is 0.497 e. The molecule has 0 atom stereocenters. The fourth-order valence-corrected chi connectivity index (χ4v) is 1.82. The Bertz CT molecular complexity index is 596. The molecule has 0 aliphatic heterocycles. The zero-order valence-electron chi connectivity index (χ0n) is 9.65. The van der Waals surface area contributed by atoms with Gasteiger partial charge in [-0.05, 0) is 31.2 Å². The number of aromatic amines is 1. The Kier molecular flexibility index (Phi) is 2.87. The third-order valence-corrected chi connectivity index (χ3v) is 2.64. The van der Waals surface area contributed by atoms with Gasteiger partial charge >= 0.3 is 5.97 Å². The average Bonchev–Trinajstić information content (AvgIpc) is 2.61. The van der Waals surface area contributed by atoms with E-state index in [0.29, 0.717) is 0 Å². The first kappa shape index (κ1) is 11.3. The molecule has 0 saturated carbocycles. The minimum absolute atomic E-state index is 0.751. The molecule has 0 aliphatic rings. The first-order chi connectivity index (χ1) is 8.11. The molecule has 2 aromatic rings. The molecule has 2 N–H and O–H groups in total. The molecule has 88 valence electrons. The molecule has 0 unspecified atom stereocenters. The van der Waals surface area contributed by atoms with Gasteiger partial charge in [0.2, 0.25) is 0 Å². The second-order valence-electron chi connectivity index (χ2n) is 3.75. The number of hydrogen-bond donors (Lipinski definition) is 2. The summed E-state index contributed by atoms with van der Waals surface area (Å²) in [5.41, 5.74) is 2.78. The number of aliphatic carboxylic acids is 1. The van der Waals surface area contributed by atoms with Gasteiger partial charge in [0.25, 0.3) is 0 Å². The maximum absolute atomic E-state index is 10.5. The maximum Gasteiger partial charge on any atom is 0.328 e. The first-order valence-electron chi connectivity index (χ1n) is 5.19. The number of carbonyl (C=O) groups is 1. The first-order valence-corrected chi connectivity index (χ1v) is 5.19. The van der Waals surface area contributed by atoms with Crippen LogP contribution in [0, 0.1) is 6.92 Å². The van der Waals surface area contributed by atoms with Gasteiger partial charge in [0.05, 0.1) is 7.11 Å². The van der Waals surface area contributed by atoms with Crippen LogP contribution in [0.2, 0.25) is 0 Å². The second-order valence-corrected chi connectivity index (χ2v) is 3.75. The van der Waals surface area contributed by atoms with Gasteiger partial charge in [-0.25, -0.2) is 4.79 Å². The number of carboxylic acid groups (broad SMARTS) is 1. The molecule has 0 bridgehead atoms. The van der Waals surface area contributed by atoms with Gasteiger partial charge < -0.3 is 14.8 Å². The molecule has 4 heteroatoms. The van der Waals surface area contributed by atoms with E-state index in [1.54, 1.807) is 13.2 Å². The van der Waals surface area contributed by atoms with E-state index >= 15 is 0 Å². The number of benzene rings is 1. The zero-order chi connectivity index (χ0) is 12.4. The lowest BCUT2D eigenvalue weighted by Gasteiger charge is -1.99. The minimum atomic E-state index is -0.957. The van der Waals surface area contributed by atoms with Crippen molar-refractivity contribution in [2.75, 3.05) is 7.11 Å². The highest BCUT2D eigenvalue weighted by atomic mass is 16.5. The Hall–Kier alpha value is -2.23. The molecule has 0 amide bonds. The number of nitrogens with one attached hydrogen (secondary N) is 1. The van der Waals surface area contributed by atoms with Gasteiger partial charge in [0.1, 0.15) is 5.75 Å². The van der Waals surface area contributed by atoms with Crippen molar-refractivity contribution in [3.8, 4) is 5.75 Å². The van der Waals surface area contributed by atoms with Crippen molar-refractivity contribution >= 4 is 22.9 Å². The van der Waals surface area contributed by atoms with Crippen LogP contribution in [0.4, 0.5) is 0 Å². The molecule has 0 spiro atoms. The molecule has 4 nitrogen and oxygen atoms in total. The van der Waals surface area contributed by atoms with Crippen molar-refractivity contribution in [1.29, 1.82) is 0 Å². The van der Waals surface area contributed by atoms with Crippen LogP contribution in [0.15, 0.2) is 24.3 Å². The Balaban J connectivity index is 2.60. The van der Waals surface area contributed by atoms with Crippen LogP contribution < -0.4 is 4.74 Å². The van der Waals surface area contributed by atoms with E-state index in [9.17, 15) is 4.79 Å². The SMILES string of the molecule is COc1ccc2[nH]c(C)c(/C=C/C(=O)O)c2c1. The van der Waals surface area contributed by atoms with Gasteiger partial charge in [0, 0.05) is 28.2 Å². The van der Waals surface area contributed by atoms with E-state index in [2.05, 4.69) is 4.98 Å². The van der Waals surface area contributed by atoms with E-state index in [1.807, 2.05) is 25.1 Å². The lowest BCUT2D eigenvalue weighted by molar-refractivity contribution is -0.131. The highest BCUT2D eigenvalue weighted by Crippen LogP contribution is 2.27. The molecule has 1 aromatic heterocycles. The molecule has 0 fully saturated rings. The fraction of sp³-hybridized carbons (Fsp3) is 0.154. The number of aromatic nitrogens is 1. The van der Waals surface area contributed by atoms with Gasteiger partial charge in [-0.1, -0.05) is 0 Å². The average molecular weight is 231 g/mol. The Morgan fingerprint density at radius 3 is 2.88 bits per heavy atom. The Labute approximate surface area is 98.5 Å². The minimum Gasteiger partial charge on any atom is -0.497 e. The number of methoxy groups -OCH3 is 1. The number of hydrogen-bond acceptors (Lipinski definition) is 2. The van der Waals surface area contributed by atoms with Gasteiger partial charge in [-0.3, -0.25) is 0 Å². The zero-order valence-corrected chi connectivity index (χ0v) is 9.65. The molecular formula is C13H13NO3. The third-order valence-electron chi connectivity index (χ3n) is 2.64. The smallest absolute Gasteiger partial charge is 0.328 e. The monoisotopic (exact) mass is 231 g/mol. The summed E-state index contributed by atoms with van der Waals surface area (Å²) in [7, 11) is 1.60. The van der Waals surface area contributed by atoms with Gasteiger partial charge in [0.15, 0.2) is 0 Å². The lowest BCUT2D eigenvalue weighted by atomic mass is 10.1. The number of fused-ring (bicyclic) bond motifs is 1. The summed E-state index contributed by atoms with van der Waals surface area (Å²) >= 11 is 0. The predicted octanol–water partition coefficient (Wildman–Crippen LogP) is 2.58. The van der Waals surface area contributed by atoms with Crippen LogP contribution in [0.3, 0.4) is 0 Å². The second kappa shape index (κ2) is 4.33. The molecular weight excluding hydrogens is 218 g/mol. The van der Waals surface area contributed by atoms with E-state index in [4.69, 9.17) is 9.84 Å². The molecule has 0 radical (unpaired) electrons. The van der Waals surface area contributed by atoms with Crippen LogP contribution in [0.1, 0.15) is 11.3 Å². The van der Waals surface area contributed by atoms with Crippen molar-refractivity contribution in [3.05, 3.63) is 35.5 Å². The predicted molar refractivity (Wildman–Crippen MR) is 66.3 cm³/mol. The summed E-state index contributed by atoms with van der Waals surface area (Å²) < 4.78 is 5.16. The van der Waals surface area contributed by atoms with E-state index < -0.39 is 5.97 Å². The highest BCUT2D eigenvalue weighted by Gasteiger charge is 2.07. The summed E-state index contributed by atoms with van der Waals surface area (Å²) in [6.45, 7) is 1.91. The van der Waals surface area contributed by atoms with E-state index in [1.165, 1.54) is 0 Å². The van der Waals surface area contributed by atoms with Crippen molar-refractivity contribution in [1.82, 2.24) is 4.98 Å². The summed E-state index contributed by atoms with van der Waals surface area (Å²) in [6.07, 6.45) is 2.73. The van der Waals surface area contributed by atoms with Crippen LogP contribution in [-0.2, 0) is 4.79 Å². The van der Waals surface area contributed by atoms with Crippen LogP contribution in [-0.4, -0.2) is 23.2 Å². The van der Waals surface area contributed by atoms with Crippen molar-refractivity contribution in [2.45, 2.75) is 6.92 Å². The molecule has 2 rings (SSSR count). The van der Waals surface area contributed by atoms with E-state index in [-0.39, 0.29) is 0 Å². The normalized spacial score (nSPS) is 11.2. The number of rotatable bonds is 3. The standard InChI is InChI=1S/C13H13NO3/c1-8-10(4-6-13(15)16)11-7-9(17-2)3-5-12(11)14-8/h3-7,14H,1-2H3,(H,15,16)/b6-4+. The van der Waals surface area contributed by atoms with Gasteiger partial charge in [-0.2, -0.15) is 0 Å². The van der Waals surface area contributed by atoms with Crippen molar-refractivity contribution in [2.24, 2.45) is 0 Å². The quantitative estimate of drug-likeness (QED) is 0.798. The molecule has 17 heavy (non-hydrogen) atoms. The van der Waals surface area contributed by atoms with Gasteiger partial charge in [-0.15, -0.1) is 0 Å². The van der Waals surface area contributed by atoms with Crippen molar-refractivity contribution in [3.63, 3.8) is 0 Å². The van der Waals surface area contributed by atoms with E-state index in [0.717, 1.165) is 34.0 Å². The topological polar surface area (TPSA) is 62.3 Å². The lowest BCUT2D eigenvalue weighted by Crippen LogP contribution is -1.86. The summed E-state index contributed by atoms with van der Waals surface area (Å²) in [5.74, 6) is -0.205. The Morgan fingerprint density at radius 1 is 1.47 bits per heavy atom. The third kappa shape index (κ3) is 2.15. The maximum atomic E-state index is 10.5. The number of carboxylic acids is 1. The van der Waals surface area contributed by atoms with Crippen LogP contribution in [0.5, 0.6) is 5.75 Å². The summed E-state index contributed by atoms with van der Waals surface area (Å²) in [5, 5.41) is 9.61. The number of ether oxygens (including phenoxy) is 1. The molecule has 1 heterocycles. The number of H-pyrrole nitrogens is 1. The number of aryl methyl sites for hydroxylation is 1. The van der Waals surface area contributed by atoms with Crippen LogP contribution >= 0.6 is 0 Å². The molecule has 1 aromatic carbocycles. The highest BCUT2D eigenvalue weighted by molar-refractivity contribution is 5.95. The molecule has 0 saturated heterocycles.